The SMILES string of the molecule is CCOc1ccc(OCC)c(-n2cc(C#N)c(N)c2C(=O)OC)c1. The quantitative estimate of drug-likeness (QED) is 0.817. The number of nitriles is 1. The van der Waals surface area contributed by atoms with Gasteiger partial charge in [-0.1, -0.05) is 0 Å². The maximum atomic E-state index is 12.1. The van der Waals surface area contributed by atoms with E-state index in [0.717, 1.165) is 0 Å². The van der Waals surface area contributed by atoms with Gasteiger partial charge in [-0.05, 0) is 26.0 Å². The molecule has 0 aliphatic rings. The van der Waals surface area contributed by atoms with Crippen molar-refractivity contribution in [1.29, 1.82) is 5.26 Å². The number of nitrogens with two attached hydrogens (primary N) is 1. The molecule has 7 heteroatoms. The second-order valence-corrected chi connectivity index (χ2v) is 4.77. The Hall–Kier alpha value is -3.14. The number of esters is 1. The zero-order valence-corrected chi connectivity index (χ0v) is 13.8. The van der Waals surface area contributed by atoms with Gasteiger partial charge in [-0.25, -0.2) is 4.79 Å². The number of carbonyl (C=O) groups is 1. The maximum absolute atomic E-state index is 12.1. The first-order valence-electron chi connectivity index (χ1n) is 7.46. The van der Waals surface area contributed by atoms with Crippen molar-refractivity contribution < 1.29 is 19.0 Å². The van der Waals surface area contributed by atoms with E-state index in [0.29, 0.717) is 30.4 Å². The zero-order valence-electron chi connectivity index (χ0n) is 13.8. The van der Waals surface area contributed by atoms with E-state index < -0.39 is 5.97 Å². The third-order valence-electron chi connectivity index (χ3n) is 3.34. The number of nitrogens with zero attached hydrogens (tertiary/aromatic N) is 2. The largest absolute Gasteiger partial charge is 0.494 e. The van der Waals surface area contributed by atoms with Gasteiger partial charge in [0.25, 0.3) is 0 Å². The van der Waals surface area contributed by atoms with Gasteiger partial charge < -0.3 is 24.5 Å². The highest BCUT2D eigenvalue weighted by molar-refractivity contribution is 5.96. The second kappa shape index (κ2) is 7.42. The van der Waals surface area contributed by atoms with Gasteiger partial charge in [0.1, 0.15) is 17.6 Å². The Labute approximate surface area is 140 Å². The first-order valence-corrected chi connectivity index (χ1v) is 7.46. The lowest BCUT2D eigenvalue weighted by Gasteiger charge is -2.15. The van der Waals surface area contributed by atoms with Crippen molar-refractivity contribution in [2.24, 2.45) is 0 Å². The molecule has 0 amide bonds. The summed E-state index contributed by atoms with van der Waals surface area (Å²) in [7, 11) is 1.26. The van der Waals surface area contributed by atoms with Crippen LogP contribution in [0.2, 0.25) is 0 Å². The van der Waals surface area contributed by atoms with E-state index in [1.54, 1.807) is 18.2 Å². The Morgan fingerprint density at radius 3 is 2.58 bits per heavy atom. The predicted octanol–water partition coefficient (Wildman–Crippen LogP) is 2.52. The third-order valence-corrected chi connectivity index (χ3v) is 3.34. The number of nitrogen functional groups attached to an aromatic ring is 1. The van der Waals surface area contributed by atoms with Gasteiger partial charge in [-0.3, -0.25) is 0 Å². The van der Waals surface area contributed by atoms with Crippen LogP contribution in [-0.2, 0) is 4.74 Å². The molecule has 0 aliphatic carbocycles. The molecular weight excluding hydrogens is 310 g/mol. The van der Waals surface area contributed by atoms with E-state index in [9.17, 15) is 10.1 Å². The van der Waals surface area contributed by atoms with Crippen molar-refractivity contribution in [3.05, 3.63) is 35.7 Å². The fraction of sp³-hybridized carbons (Fsp3) is 0.294. The lowest BCUT2D eigenvalue weighted by molar-refractivity contribution is 0.0593. The van der Waals surface area contributed by atoms with Crippen LogP contribution in [0.5, 0.6) is 11.5 Å². The fourth-order valence-electron chi connectivity index (χ4n) is 2.32. The molecule has 0 aliphatic heterocycles. The molecule has 0 atom stereocenters. The molecule has 0 bridgehead atoms. The molecule has 1 aromatic carbocycles. The van der Waals surface area contributed by atoms with Crippen LogP contribution in [0.3, 0.4) is 0 Å². The normalized spacial score (nSPS) is 10.1. The molecule has 7 nitrogen and oxygen atoms in total. The van der Waals surface area contributed by atoms with Gasteiger partial charge in [0.2, 0.25) is 0 Å². The number of ether oxygens (including phenoxy) is 3. The maximum Gasteiger partial charge on any atom is 0.357 e. The summed E-state index contributed by atoms with van der Waals surface area (Å²) in [6, 6.07) is 7.21. The number of carbonyl (C=O) groups excluding carboxylic acids is 1. The highest BCUT2D eigenvalue weighted by Gasteiger charge is 2.23. The third kappa shape index (κ3) is 3.13. The first kappa shape index (κ1) is 17.2. The minimum atomic E-state index is -0.640. The Kier molecular flexibility index (Phi) is 5.32. The summed E-state index contributed by atoms with van der Waals surface area (Å²) in [6.07, 6.45) is 1.48. The zero-order chi connectivity index (χ0) is 17.7. The van der Waals surface area contributed by atoms with Crippen LogP contribution < -0.4 is 15.2 Å². The van der Waals surface area contributed by atoms with Crippen LogP contribution in [-0.4, -0.2) is 30.9 Å². The molecule has 0 saturated carbocycles. The summed E-state index contributed by atoms with van der Waals surface area (Å²) in [4.78, 5) is 12.1. The Balaban J connectivity index is 2.72. The number of hydrogen-bond donors (Lipinski definition) is 1. The van der Waals surface area contributed by atoms with Gasteiger partial charge in [-0.2, -0.15) is 5.26 Å². The molecule has 0 radical (unpaired) electrons. The van der Waals surface area contributed by atoms with Gasteiger partial charge in [-0.15, -0.1) is 0 Å². The van der Waals surface area contributed by atoms with E-state index in [-0.39, 0.29) is 16.9 Å². The molecular formula is C17H19N3O4. The van der Waals surface area contributed by atoms with Crippen molar-refractivity contribution in [1.82, 2.24) is 4.57 Å². The lowest BCUT2D eigenvalue weighted by Crippen LogP contribution is -2.12. The number of hydrogen-bond acceptors (Lipinski definition) is 6. The summed E-state index contributed by atoms with van der Waals surface area (Å²) >= 11 is 0. The smallest absolute Gasteiger partial charge is 0.357 e. The number of methoxy groups -OCH3 is 1. The highest BCUT2D eigenvalue weighted by atomic mass is 16.5. The van der Waals surface area contributed by atoms with Crippen molar-refractivity contribution in [3.63, 3.8) is 0 Å². The minimum Gasteiger partial charge on any atom is -0.494 e. The Morgan fingerprint density at radius 1 is 1.29 bits per heavy atom. The monoisotopic (exact) mass is 329 g/mol. The van der Waals surface area contributed by atoms with E-state index in [1.807, 2.05) is 19.9 Å². The number of aromatic nitrogens is 1. The number of anilines is 1. The summed E-state index contributed by atoms with van der Waals surface area (Å²) in [5.74, 6) is 0.501. The number of benzene rings is 1. The molecule has 0 unspecified atom stereocenters. The highest BCUT2D eigenvalue weighted by Crippen LogP contribution is 2.32. The molecule has 0 saturated heterocycles. The molecule has 1 heterocycles. The minimum absolute atomic E-state index is 0.0635. The van der Waals surface area contributed by atoms with Crippen LogP contribution in [0.25, 0.3) is 5.69 Å². The average molecular weight is 329 g/mol. The van der Waals surface area contributed by atoms with Crippen LogP contribution in [0, 0.1) is 11.3 Å². The molecule has 0 spiro atoms. The lowest BCUT2D eigenvalue weighted by atomic mass is 10.2. The van der Waals surface area contributed by atoms with Crippen LogP contribution in [0.1, 0.15) is 29.9 Å². The van der Waals surface area contributed by atoms with E-state index in [2.05, 4.69) is 0 Å². The molecule has 24 heavy (non-hydrogen) atoms. The average Bonchev–Trinajstić information content (AvgIpc) is 2.92. The van der Waals surface area contributed by atoms with Gasteiger partial charge in [0, 0.05) is 12.3 Å². The van der Waals surface area contributed by atoms with Crippen LogP contribution in [0.15, 0.2) is 24.4 Å². The summed E-state index contributed by atoms with van der Waals surface area (Å²) in [5, 5.41) is 9.22. The van der Waals surface area contributed by atoms with E-state index >= 15 is 0 Å². The van der Waals surface area contributed by atoms with Crippen molar-refractivity contribution in [2.45, 2.75) is 13.8 Å². The van der Waals surface area contributed by atoms with Gasteiger partial charge in [0.15, 0.2) is 5.69 Å². The van der Waals surface area contributed by atoms with Crippen LogP contribution in [0.4, 0.5) is 5.69 Å². The second-order valence-electron chi connectivity index (χ2n) is 4.77. The summed E-state index contributed by atoms with van der Waals surface area (Å²) in [5.41, 5.74) is 6.79. The Morgan fingerprint density at radius 2 is 2.00 bits per heavy atom. The first-order chi connectivity index (χ1) is 11.6. The number of rotatable bonds is 6. The van der Waals surface area contributed by atoms with Crippen molar-refractivity contribution in [2.75, 3.05) is 26.1 Å². The molecule has 1 aromatic heterocycles. The summed E-state index contributed by atoms with van der Waals surface area (Å²) in [6.45, 7) is 4.66. The van der Waals surface area contributed by atoms with Crippen molar-refractivity contribution in [3.8, 4) is 23.3 Å². The van der Waals surface area contributed by atoms with Crippen molar-refractivity contribution >= 4 is 11.7 Å². The van der Waals surface area contributed by atoms with E-state index in [4.69, 9.17) is 19.9 Å². The standard InChI is InChI=1S/C17H19N3O4/c1-4-23-12-6-7-14(24-5-2)13(8-12)20-10-11(9-18)15(19)16(20)17(21)22-3/h6-8,10H,4-5,19H2,1-3H3. The van der Waals surface area contributed by atoms with Gasteiger partial charge >= 0.3 is 5.97 Å². The van der Waals surface area contributed by atoms with E-state index in [1.165, 1.54) is 17.9 Å². The Bertz CT molecular complexity index is 790. The molecule has 2 aromatic rings. The molecule has 2 rings (SSSR count). The molecule has 2 N–H and O–H groups in total. The molecule has 126 valence electrons. The summed E-state index contributed by atoms with van der Waals surface area (Å²) < 4.78 is 17.4. The van der Waals surface area contributed by atoms with Crippen LogP contribution >= 0.6 is 0 Å². The predicted molar refractivity (Wildman–Crippen MR) is 88.6 cm³/mol. The fourth-order valence-corrected chi connectivity index (χ4v) is 2.32. The molecule has 0 fully saturated rings. The topological polar surface area (TPSA) is 99.5 Å². The van der Waals surface area contributed by atoms with Gasteiger partial charge in [0.05, 0.1) is 37.3 Å².